The van der Waals surface area contributed by atoms with Crippen molar-refractivity contribution in [3.8, 4) is 0 Å². The first-order valence-electron chi connectivity index (χ1n) is 8.59. The molecule has 0 spiro atoms. The first-order valence-corrected chi connectivity index (χ1v) is 8.59. The van der Waals surface area contributed by atoms with Gasteiger partial charge in [0.05, 0.1) is 0 Å². The standard InChI is InChI=1S/C17H22F2N6O/c1-3-20-17(21-9-15-22-11(2)26-24-15)23-12-7-8-25(10-12)16-13(18)5-4-6-14(16)19/h4-6,12H,3,7-10H2,1-2H3,(H2,20,21,23). The number of anilines is 1. The fraction of sp³-hybridized carbons (Fsp3) is 0.471. The number of aromatic nitrogens is 2. The van der Waals surface area contributed by atoms with Crippen molar-refractivity contribution in [2.45, 2.75) is 32.9 Å². The molecule has 3 rings (SSSR count). The van der Waals surface area contributed by atoms with Crippen LogP contribution in [0.15, 0.2) is 27.7 Å². The van der Waals surface area contributed by atoms with Gasteiger partial charge in [-0.2, -0.15) is 4.98 Å². The lowest BCUT2D eigenvalue weighted by molar-refractivity contribution is 0.387. The number of aryl methyl sites for hydroxylation is 1. The molecule has 0 bridgehead atoms. The predicted octanol–water partition coefficient (Wildman–Crippen LogP) is 1.99. The summed E-state index contributed by atoms with van der Waals surface area (Å²) < 4.78 is 32.9. The van der Waals surface area contributed by atoms with Gasteiger partial charge >= 0.3 is 0 Å². The number of nitrogens with one attached hydrogen (secondary N) is 2. The molecular formula is C17H22F2N6O. The quantitative estimate of drug-likeness (QED) is 0.624. The summed E-state index contributed by atoms with van der Waals surface area (Å²) in [7, 11) is 0. The third-order valence-corrected chi connectivity index (χ3v) is 4.08. The first-order chi connectivity index (χ1) is 12.6. The van der Waals surface area contributed by atoms with E-state index < -0.39 is 11.6 Å². The maximum absolute atomic E-state index is 14.0. The van der Waals surface area contributed by atoms with Crippen molar-refractivity contribution >= 4 is 11.6 Å². The van der Waals surface area contributed by atoms with Crippen LogP contribution in [0, 0.1) is 18.6 Å². The monoisotopic (exact) mass is 364 g/mol. The molecule has 1 atom stereocenters. The largest absolute Gasteiger partial charge is 0.365 e. The zero-order valence-electron chi connectivity index (χ0n) is 14.8. The van der Waals surface area contributed by atoms with Crippen molar-refractivity contribution in [1.82, 2.24) is 20.8 Å². The van der Waals surface area contributed by atoms with E-state index in [1.54, 1.807) is 11.8 Å². The van der Waals surface area contributed by atoms with Crippen LogP contribution in [0.1, 0.15) is 25.1 Å². The SMILES string of the molecule is CCNC(=NCc1noc(C)n1)NC1CCN(c2c(F)cccc2F)C1. The summed E-state index contributed by atoms with van der Waals surface area (Å²) in [4.78, 5) is 10.3. The molecular weight excluding hydrogens is 342 g/mol. The van der Waals surface area contributed by atoms with E-state index in [2.05, 4.69) is 25.8 Å². The van der Waals surface area contributed by atoms with Crippen molar-refractivity contribution in [2.24, 2.45) is 4.99 Å². The van der Waals surface area contributed by atoms with Gasteiger partial charge in [0.2, 0.25) is 5.89 Å². The van der Waals surface area contributed by atoms with E-state index in [4.69, 9.17) is 4.52 Å². The molecule has 9 heteroatoms. The Hall–Kier alpha value is -2.71. The minimum Gasteiger partial charge on any atom is -0.365 e. The molecule has 1 fully saturated rings. The van der Waals surface area contributed by atoms with Crippen LogP contribution in [0.4, 0.5) is 14.5 Å². The summed E-state index contributed by atoms with van der Waals surface area (Å²) in [6.45, 7) is 5.72. The van der Waals surface area contributed by atoms with E-state index in [9.17, 15) is 8.78 Å². The average Bonchev–Trinajstić information content (AvgIpc) is 3.22. The number of hydrogen-bond donors (Lipinski definition) is 2. The molecule has 0 radical (unpaired) electrons. The van der Waals surface area contributed by atoms with Crippen molar-refractivity contribution < 1.29 is 13.3 Å². The van der Waals surface area contributed by atoms with Crippen molar-refractivity contribution in [2.75, 3.05) is 24.5 Å². The topological polar surface area (TPSA) is 78.6 Å². The lowest BCUT2D eigenvalue weighted by atomic mass is 10.2. The average molecular weight is 364 g/mol. The Kier molecular flexibility index (Phi) is 5.65. The lowest BCUT2D eigenvalue weighted by Gasteiger charge is -2.21. The zero-order valence-corrected chi connectivity index (χ0v) is 14.8. The van der Waals surface area contributed by atoms with Gasteiger partial charge in [0, 0.05) is 32.6 Å². The smallest absolute Gasteiger partial charge is 0.223 e. The Balaban J connectivity index is 1.63. The number of benzene rings is 1. The number of rotatable bonds is 5. The third-order valence-electron chi connectivity index (χ3n) is 4.08. The molecule has 1 aromatic carbocycles. The summed E-state index contributed by atoms with van der Waals surface area (Å²) in [5, 5.41) is 10.3. The molecule has 1 saturated heterocycles. The zero-order chi connectivity index (χ0) is 18.5. The number of para-hydroxylation sites is 1. The van der Waals surface area contributed by atoms with E-state index >= 15 is 0 Å². The van der Waals surface area contributed by atoms with Crippen LogP contribution < -0.4 is 15.5 Å². The molecule has 2 N–H and O–H groups in total. The highest BCUT2D eigenvalue weighted by Gasteiger charge is 2.27. The minimum atomic E-state index is -0.543. The van der Waals surface area contributed by atoms with Crippen LogP contribution in [-0.2, 0) is 6.54 Å². The van der Waals surface area contributed by atoms with Crippen LogP contribution in [0.25, 0.3) is 0 Å². The normalized spacial score (nSPS) is 17.6. The molecule has 26 heavy (non-hydrogen) atoms. The fourth-order valence-corrected chi connectivity index (χ4v) is 2.94. The van der Waals surface area contributed by atoms with Crippen molar-refractivity contribution in [3.05, 3.63) is 41.5 Å². The number of halogens is 2. The highest BCUT2D eigenvalue weighted by molar-refractivity contribution is 5.80. The molecule has 1 aliphatic heterocycles. The Morgan fingerprint density at radius 1 is 1.38 bits per heavy atom. The second-order valence-corrected chi connectivity index (χ2v) is 6.07. The molecule has 140 valence electrons. The van der Waals surface area contributed by atoms with Gasteiger partial charge in [0.1, 0.15) is 23.9 Å². The molecule has 7 nitrogen and oxygen atoms in total. The van der Waals surface area contributed by atoms with Gasteiger partial charge in [0.25, 0.3) is 0 Å². The van der Waals surface area contributed by atoms with Gasteiger partial charge in [-0.25, -0.2) is 13.8 Å². The van der Waals surface area contributed by atoms with Gasteiger partial charge in [-0.1, -0.05) is 11.2 Å². The van der Waals surface area contributed by atoms with E-state index in [1.165, 1.54) is 18.2 Å². The predicted molar refractivity (Wildman–Crippen MR) is 94.0 cm³/mol. The number of nitrogens with zero attached hydrogens (tertiary/aromatic N) is 4. The summed E-state index contributed by atoms with van der Waals surface area (Å²) >= 11 is 0. The highest BCUT2D eigenvalue weighted by atomic mass is 19.1. The Morgan fingerprint density at radius 2 is 2.15 bits per heavy atom. The van der Waals surface area contributed by atoms with Crippen LogP contribution in [0.3, 0.4) is 0 Å². The maximum atomic E-state index is 14.0. The number of guanidine groups is 1. The van der Waals surface area contributed by atoms with Crippen molar-refractivity contribution in [1.29, 1.82) is 0 Å². The summed E-state index contributed by atoms with van der Waals surface area (Å²) in [5.41, 5.74) is 0.0287. The van der Waals surface area contributed by atoms with Crippen LogP contribution in [0.5, 0.6) is 0 Å². The first kappa shape index (κ1) is 18.1. The van der Waals surface area contributed by atoms with Gasteiger partial charge < -0.3 is 20.1 Å². The molecule has 1 aliphatic rings. The van der Waals surface area contributed by atoms with Gasteiger partial charge in [-0.05, 0) is 25.5 Å². The van der Waals surface area contributed by atoms with E-state index in [-0.39, 0.29) is 18.3 Å². The molecule has 1 aromatic heterocycles. The molecule has 2 heterocycles. The van der Waals surface area contributed by atoms with Gasteiger partial charge in [-0.15, -0.1) is 0 Å². The van der Waals surface area contributed by atoms with Crippen LogP contribution >= 0.6 is 0 Å². The van der Waals surface area contributed by atoms with Crippen molar-refractivity contribution in [3.63, 3.8) is 0 Å². The summed E-state index contributed by atoms with van der Waals surface area (Å²) in [5.74, 6) is 0.515. The summed E-state index contributed by atoms with van der Waals surface area (Å²) in [6, 6.07) is 3.95. The molecule has 0 amide bonds. The lowest BCUT2D eigenvalue weighted by Crippen LogP contribution is -2.44. The van der Waals surface area contributed by atoms with Crippen LogP contribution in [0.2, 0.25) is 0 Å². The van der Waals surface area contributed by atoms with E-state index in [0.717, 1.165) is 6.42 Å². The molecule has 1 unspecified atom stereocenters. The fourth-order valence-electron chi connectivity index (χ4n) is 2.94. The highest BCUT2D eigenvalue weighted by Crippen LogP contribution is 2.26. The van der Waals surface area contributed by atoms with Crippen LogP contribution in [-0.4, -0.2) is 41.8 Å². The third kappa shape index (κ3) is 4.27. The van der Waals surface area contributed by atoms with Gasteiger partial charge in [-0.3, -0.25) is 0 Å². The van der Waals surface area contributed by atoms with E-state index in [1.807, 2.05) is 6.92 Å². The minimum absolute atomic E-state index is 0.0267. The second-order valence-electron chi connectivity index (χ2n) is 6.07. The van der Waals surface area contributed by atoms with E-state index in [0.29, 0.717) is 37.3 Å². The Labute approximate surface area is 150 Å². The summed E-state index contributed by atoms with van der Waals surface area (Å²) in [6.07, 6.45) is 0.750. The second kappa shape index (κ2) is 8.11. The Bertz CT molecular complexity index is 758. The van der Waals surface area contributed by atoms with Gasteiger partial charge in [0.15, 0.2) is 11.8 Å². The number of aliphatic imine (C=N–C) groups is 1. The maximum Gasteiger partial charge on any atom is 0.223 e. The molecule has 2 aromatic rings. The molecule has 0 aliphatic carbocycles. The Morgan fingerprint density at radius 3 is 2.81 bits per heavy atom. The number of hydrogen-bond acceptors (Lipinski definition) is 5. The molecule has 0 saturated carbocycles.